The highest BCUT2D eigenvalue weighted by molar-refractivity contribution is 7.80. The molecule has 7 nitrogen and oxygen atoms in total. The second-order valence-corrected chi connectivity index (χ2v) is 5.94. The lowest BCUT2D eigenvalue weighted by molar-refractivity contribution is -0.121. The van der Waals surface area contributed by atoms with Crippen LogP contribution in [0, 0.1) is 13.8 Å². The lowest BCUT2D eigenvalue weighted by Gasteiger charge is -2.12. The first kappa shape index (κ1) is 19.2. The predicted molar refractivity (Wildman–Crippen MR) is 101 cm³/mol. The minimum atomic E-state index is -0.591. The maximum absolute atomic E-state index is 11.9. The molecule has 0 aliphatic rings. The van der Waals surface area contributed by atoms with Gasteiger partial charge in [-0.15, -0.1) is 0 Å². The number of aryl methyl sites for hydroxylation is 2. The Morgan fingerprint density at radius 1 is 1.12 bits per heavy atom. The van der Waals surface area contributed by atoms with Crippen LogP contribution in [0.5, 0.6) is 11.5 Å². The molecule has 2 aromatic carbocycles. The second-order valence-electron chi connectivity index (χ2n) is 5.53. The van der Waals surface area contributed by atoms with Gasteiger partial charge in [-0.3, -0.25) is 25.8 Å². The van der Waals surface area contributed by atoms with Gasteiger partial charge in [0.05, 0.1) is 5.56 Å². The number of carbonyl (C=O) groups excluding carboxylic acids is 2. The van der Waals surface area contributed by atoms with Crippen molar-refractivity contribution in [1.29, 1.82) is 0 Å². The van der Waals surface area contributed by atoms with Crippen molar-refractivity contribution in [3.63, 3.8) is 0 Å². The normalized spacial score (nSPS) is 9.92. The van der Waals surface area contributed by atoms with E-state index in [1.165, 1.54) is 12.1 Å². The summed E-state index contributed by atoms with van der Waals surface area (Å²) in [4.78, 5) is 23.8. The van der Waals surface area contributed by atoms with E-state index in [4.69, 9.17) is 17.0 Å². The number of ether oxygens (including phenoxy) is 1. The number of para-hydroxylation sites is 1. The van der Waals surface area contributed by atoms with Crippen LogP contribution in [0.2, 0.25) is 0 Å². The third kappa shape index (κ3) is 5.45. The highest BCUT2D eigenvalue weighted by Crippen LogP contribution is 2.18. The average molecular weight is 373 g/mol. The van der Waals surface area contributed by atoms with E-state index >= 15 is 0 Å². The third-order valence-electron chi connectivity index (χ3n) is 3.39. The lowest BCUT2D eigenvalue weighted by atomic mass is 10.1. The van der Waals surface area contributed by atoms with Crippen LogP contribution in [0.15, 0.2) is 42.5 Å². The number of hydrogen-bond donors (Lipinski definition) is 4. The molecule has 8 heteroatoms. The Balaban J connectivity index is 1.78. The Morgan fingerprint density at radius 3 is 2.58 bits per heavy atom. The minimum absolute atomic E-state index is 0.0763. The molecule has 0 heterocycles. The number of phenols is 1. The van der Waals surface area contributed by atoms with Gasteiger partial charge >= 0.3 is 0 Å². The van der Waals surface area contributed by atoms with E-state index < -0.39 is 11.8 Å². The summed E-state index contributed by atoms with van der Waals surface area (Å²) >= 11 is 4.93. The summed E-state index contributed by atoms with van der Waals surface area (Å²) in [7, 11) is 0. The lowest BCUT2D eigenvalue weighted by Crippen LogP contribution is -2.49. The number of amides is 2. The molecule has 0 spiro atoms. The first-order chi connectivity index (χ1) is 12.4. The molecule has 0 fully saturated rings. The van der Waals surface area contributed by atoms with E-state index in [-0.39, 0.29) is 23.0 Å². The fourth-order valence-corrected chi connectivity index (χ4v) is 2.21. The van der Waals surface area contributed by atoms with Crippen molar-refractivity contribution in [2.75, 3.05) is 6.61 Å². The molecule has 0 radical (unpaired) electrons. The number of thiocarbonyl (C=S) groups is 1. The zero-order chi connectivity index (χ0) is 19.1. The summed E-state index contributed by atoms with van der Waals surface area (Å²) in [5.41, 5.74) is 6.70. The second kappa shape index (κ2) is 8.82. The van der Waals surface area contributed by atoms with Crippen LogP contribution in [-0.4, -0.2) is 28.6 Å². The van der Waals surface area contributed by atoms with E-state index in [1.54, 1.807) is 12.1 Å². The number of benzene rings is 2. The summed E-state index contributed by atoms with van der Waals surface area (Å²) in [6.45, 7) is 3.59. The van der Waals surface area contributed by atoms with E-state index in [2.05, 4.69) is 16.2 Å². The van der Waals surface area contributed by atoms with Gasteiger partial charge in [-0.05, 0) is 55.4 Å². The van der Waals surface area contributed by atoms with Crippen LogP contribution in [0.1, 0.15) is 21.5 Å². The largest absolute Gasteiger partial charge is 0.507 e. The Labute approximate surface area is 156 Å². The molecule has 0 atom stereocenters. The summed E-state index contributed by atoms with van der Waals surface area (Å²) < 4.78 is 5.47. The molecular formula is C18H19N3O4S. The summed E-state index contributed by atoms with van der Waals surface area (Å²) in [6.07, 6.45) is 0. The highest BCUT2D eigenvalue weighted by Gasteiger charge is 2.11. The fraction of sp³-hybridized carbons (Fsp3) is 0.167. The van der Waals surface area contributed by atoms with E-state index in [0.717, 1.165) is 11.1 Å². The number of hydrazine groups is 1. The molecule has 2 rings (SSSR count). The van der Waals surface area contributed by atoms with Gasteiger partial charge in [-0.2, -0.15) is 0 Å². The molecule has 0 saturated heterocycles. The van der Waals surface area contributed by atoms with Gasteiger partial charge in [0.15, 0.2) is 11.7 Å². The number of carbonyl (C=O) groups is 2. The van der Waals surface area contributed by atoms with Crippen LogP contribution in [0.3, 0.4) is 0 Å². The molecule has 0 aliphatic heterocycles. The predicted octanol–water partition coefficient (Wildman–Crippen LogP) is 1.72. The zero-order valence-corrected chi connectivity index (χ0v) is 15.1. The summed E-state index contributed by atoms with van der Waals surface area (Å²) in [5, 5.41) is 11.9. The Kier molecular flexibility index (Phi) is 6.51. The number of rotatable bonds is 4. The molecule has 26 heavy (non-hydrogen) atoms. The van der Waals surface area contributed by atoms with Crippen molar-refractivity contribution in [3.05, 3.63) is 59.2 Å². The number of aromatic hydroxyl groups is 1. The van der Waals surface area contributed by atoms with E-state index in [9.17, 15) is 14.7 Å². The maximum atomic E-state index is 11.9. The van der Waals surface area contributed by atoms with E-state index in [1.807, 2.05) is 32.0 Å². The number of nitrogens with one attached hydrogen (secondary N) is 3. The standard InChI is InChI=1S/C18H19N3O4S/c1-11-7-8-12(2)15(9-11)25-10-16(23)19-18(26)21-20-17(24)13-5-3-4-6-14(13)22/h3-9,22H,10H2,1-2H3,(H,20,24)(H2,19,21,23,26). The van der Waals surface area contributed by atoms with Crippen LogP contribution in [0.4, 0.5) is 0 Å². The van der Waals surface area contributed by atoms with Crippen LogP contribution in [-0.2, 0) is 4.79 Å². The van der Waals surface area contributed by atoms with Crippen molar-refractivity contribution < 1.29 is 19.4 Å². The number of phenolic OH excluding ortho intramolecular Hbond substituents is 1. The monoisotopic (exact) mass is 373 g/mol. The van der Waals surface area contributed by atoms with Crippen LogP contribution < -0.4 is 20.9 Å². The van der Waals surface area contributed by atoms with Crippen molar-refractivity contribution in [2.45, 2.75) is 13.8 Å². The molecule has 0 unspecified atom stereocenters. The van der Waals surface area contributed by atoms with E-state index in [0.29, 0.717) is 5.75 Å². The van der Waals surface area contributed by atoms with Gasteiger partial charge < -0.3 is 9.84 Å². The number of hydrogen-bond acceptors (Lipinski definition) is 5. The molecular weight excluding hydrogens is 354 g/mol. The first-order valence-corrected chi connectivity index (χ1v) is 8.16. The fourth-order valence-electron chi connectivity index (χ4n) is 2.05. The third-order valence-corrected chi connectivity index (χ3v) is 3.60. The SMILES string of the molecule is Cc1ccc(C)c(OCC(=O)NC(=S)NNC(=O)c2ccccc2O)c1. The molecule has 4 N–H and O–H groups in total. The molecule has 0 bridgehead atoms. The first-order valence-electron chi connectivity index (χ1n) is 7.75. The van der Waals surface area contributed by atoms with Crippen LogP contribution >= 0.6 is 12.2 Å². The van der Waals surface area contributed by atoms with Crippen molar-refractivity contribution in [3.8, 4) is 11.5 Å². The molecule has 136 valence electrons. The van der Waals surface area contributed by atoms with Gasteiger partial charge in [0.1, 0.15) is 11.5 Å². The highest BCUT2D eigenvalue weighted by atomic mass is 32.1. The smallest absolute Gasteiger partial charge is 0.273 e. The topological polar surface area (TPSA) is 99.7 Å². The van der Waals surface area contributed by atoms with Crippen molar-refractivity contribution in [2.24, 2.45) is 0 Å². The molecule has 2 aromatic rings. The average Bonchev–Trinajstić information content (AvgIpc) is 2.61. The Hall–Kier alpha value is -3.13. The summed E-state index contributed by atoms with van der Waals surface area (Å²) in [6, 6.07) is 11.7. The van der Waals surface area contributed by atoms with Gasteiger partial charge in [-0.25, -0.2) is 0 Å². The van der Waals surface area contributed by atoms with Gasteiger partial charge in [0.25, 0.3) is 11.8 Å². The quantitative estimate of drug-likeness (QED) is 0.481. The van der Waals surface area contributed by atoms with Crippen LogP contribution in [0.25, 0.3) is 0 Å². The molecule has 0 aromatic heterocycles. The van der Waals surface area contributed by atoms with Gasteiger partial charge in [-0.1, -0.05) is 24.3 Å². The maximum Gasteiger partial charge on any atom is 0.273 e. The van der Waals surface area contributed by atoms with Gasteiger partial charge in [0, 0.05) is 0 Å². The zero-order valence-electron chi connectivity index (χ0n) is 14.3. The van der Waals surface area contributed by atoms with Crippen molar-refractivity contribution in [1.82, 2.24) is 16.2 Å². The Bertz CT molecular complexity index is 839. The minimum Gasteiger partial charge on any atom is -0.507 e. The summed E-state index contributed by atoms with van der Waals surface area (Å²) in [5.74, 6) is -0.609. The molecule has 2 amide bonds. The Morgan fingerprint density at radius 2 is 1.85 bits per heavy atom. The molecule has 0 saturated carbocycles. The molecule has 0 aliphatic carbocycles. The van der Waals surface area contributed by atoms with Gasteiger partial charge in [0.2, 0.25) is 0 Å². The van der Waals surface area contributed by atoms with Crippen molar-refractivity contribution >= 4 is 29.1 Å².